The maximum absolute atomic E-state index is 11.0. The predicted molar refractivity (Wildman–Crippen MR) is 94.1 cm³/mol. The van der Waals surface area contributed by atoms with Crippen LogP contribution in [0.25, 0.3) is 10.2 Å². The van der Waals surface area contributed by atoms with Gasteiger partial charge in [-0.25, -0.2) is 9.78 Å². The highest BCUT2D eigenvalue weighted by Gasteiger charge is 2.26. The van der Waals surface area contributed by atoms with Crippen LogP contribution in [0.3, 0.4) is 0 Å². The van der Waals surface area contributed by atoms with Gasteiger partial charge in [0.15, 0.2) is 6.04 Å². The Bertz CT molecular complexity index is 745. The monoisotopic (exact) mass is 351 g/mol. The molecule has 0 fully saturated rings. The quantitative estimate of drug-likeness (QED) is 0.744. The van der Waals surface area contributed by atoms with E-state index < -0.39 is 12.0 Å². The largest absolute Gasteiger partial charge is 0.493 e. The molecular weight excluding hydrogens is 334 g/mol. The summed E-state index contributed by atoms with van der Waals surface area (Å²) < 4.78 is 6.75. The molecule has 2 heterocycles. The smallest absolute Gasteiger partial charge is 0.329 e. The molecule has 2 N–H and O–H groups in total. The van der Waals surface area contributed by atoms with Crippen LogP contribution in [0.15, 0.2) is 23.2 Å². The molecule has 0 bridgehead atoms. The lowest BCUT2D eigenvalue weighted by atomic mass is 10.3. The predicted octanol–water partition coefficient (Wildman–Crippen LogP) is 2.23. The summed E-state index contributed by atoms with van der Waals surface area (Å²) in [6, 6.07) is 5.16. The van der Waals surface area contributed by atoms with Crippen molar-refractivity contribution >= 4 is 44.3 Å². The van der Waals surface area contributed by atoms with Gasteiger partial charge in [-0.15, -0.1) is 23.1 Å². The molecule has 23 heavy (non-hydrogen) atoms. The Balaban J connectivity index is 1.74. The fourth-order valence-corrected chi connectivity index (χ4v) is 4.23. The van der Waals surface area contributed by atoms with Crippen LogP contribution < -0.4 is 10.1 Å². The van der Waals surface area contributed by atoms with Crippen molar-refractivity contribution in [3.8, 4) is 5.75 Å². The van der Waals surface area contributed by atoms with Gasteiger partial charge in [0.05, 0.1) is 16.8 Å². The molecule has 0 radical (unpaired) electrons. The summed E-state index contributed by atoms with van der Waals surface area (Å²) in [7, 11) is 1.92. The lowest BCUT2D eigenvalue weighted by Crippen LogP contribution is -2.17. The number of aromatic nitrogens is 1. The molecule has 1 aliphatic heterocycles. The van der Waals surface area contributed by atoms with Crippen LogP contribution in [0.2, 0.25) is 0 Å². The number of nitrogens with one attached hydrogen (secondary N) is 1. The second kappa shape index (κ2) is 7.29. The number of thioether (sulfide) groups is 1. The number of thiazole rings is 1. The third-order valence-electron chi connectivity index (χ3n) is 3.32. The Morgan fingerprint density at radius 2 is 2.39 bits per heavy atom. The summed E-state index contributed by atoms with van der Waals surface area (Å²) in [4.78, 5) is 19.8. The number of nitrogens with zero attached hydrogens (tertiary/aromatic N) is 2. The minimum absolute atomic E-state index is 0.473. The van der Waals surface area contributed by atoms with E-state index in [9.17, 15) is 4.79 Å². The molecule has 0 saturated heterocycles. The molecule has 0 saturated carbocycles. The Morgan fingerprint density at radius 1 is 1.52 bits per heavy atom. The summed E-state index contributed by atoms with van der Waals surface area (Å²) in [5, 5.41) is 13.6. The lowest BCUT2D eigenvalue weighted by molar-refractivity contribution is -0.137. The number of aliphatic imine (C=N–C) groups is 1. The van der Waals surface area contributed by atoms with Gasteiger partial charge >= 0.3 is 5.97 Å². The molecule has 0 amide bonds. The fourth-order valence-electron chi connectivity index (χ4n) is 2.14. The van der Waals surface area contributed by atoms with E-state index in [1.54, 1.807) is 0 Å². The van der Waals surface area contributed by atoms with Gasteiger partial charge in [-0.2, -0.15) is 0 Å². The number of carboxylic acid groups (broad SMARTS) is 1. The van der Waals surface area contributed by atoms with Crippen molar-refractivity contribution in [2.75, 3.05) is 26.0 Å². The summed E-state index contributed by atoms with van der Waals surface area (Å²) in [5.41, 5.74) is 0.884. The molecule has 0 spiro atoms. The Hall–Kier alpha value is -1.64. The van der Waals surface area contributed by atoms with E-state index in [4.69, 9.17) is 9.84 Å². The number of benzene rings is 1. The lowest BCUT2D eigenvalue weighted by Gasteiger charge is -2.05. The van der Waals surface area contributed by atoms with E-state index in [0.29, 0.717) is 12.4 Å². The molecule has 6 nitrogen and oxygen atoms in total. The van der Waals surface area contributed by atoms with Crippen molar-refractivity contribution in [3.05, 3.63) is 23.2 Å². The number of aliphatic carboxylic acids is 1. The second-order valence-corrected chi connectivity index (χ2v) is 7.09. The van der Waals surface area contributed by atoms with E-state index in [-0.39, 0.29) is 0 Å². The first-order chi connectivity index (χ1) is 11.2. The van der Waals surface area contributed by atoms with E-state index in [2.05, 4.69) is 15.3 Å². The summed E-state index contributed by atoms with van der Waals surface area (Å²) in [6.07, 6.45) is 0.951. The third kappa shape index (κ3) is 3.82. The Labute approximate surface area is 142 Å². The Morgan fingerprint density at radius 3 is 3.13 bits per heavy atom. The summed E-state index contributed by atoms with van der Waals surface area (Å²) >= 11 is 2.97. The minimum atomic E-state index is -0.883. The zero-order chi connectivity index (χ0) is 16.2. The van der Waals surface area contributed by atoms with Gasteiger partial charge in [0.25, 0.3) is 0 Å². The highest BCUT2D eigenvalue weighted by atomic mass is 32.2. The van der Waals surface area contributed by atoms with E-state index in [1.165, 1.54) is 23.1 Å². The topological polar surface area (TPSA) is 83.8 Å². The highest BCUT2D eigenvalue weighted by Crippen LogP contribution is 2.31. The van der Waals surface area contributed by atoms with Gasteiger partial charge in [-0.3, -0.25) is 4.99 Å². The molecular formula is C15H17N3O3S2. The van der Waals surface area contributed by atoms with Crippen LogP contribution in [-0.2, 0) is 4.79 Å². The average molecular weight is 351 g/mol. The van der Waals surface area contributed by atoms with Crippen LogP contribution in [0.5, 0.6) is 5.75 Å². The molecule has 1 aromatic carbocycles. The number of hydrogen-bond acceptors (Lipinski definition) is 7. The van der Waals surface area contributed by atoms with E-state index in [0.717, 1.165) is 39.0 Å². The van der Waals surface area contributed by atoms with Crippen molar-refractivity contribution in [3.63, 3.8) is 0 Å². The van der Waals surface area contributed by atoms with Gasteiger partial charge in [-0.05, 0) is 38.2 Å². The Kier molecular flexibility index (Phi) is 5.14. The standard InChI is InChI=1S/C15H17N3O3S2/c1-16-5-2-6-21-9-3-4-10-12(7-9)23-14(17-10)13-18-11(8-22-13)15(19)20/h3-4,7,11,16H,2,5-6,8H2,1H3,(H,19,20)/t11-/m1/s1. The maximum Gasteiger partial charge on any atom is 0.329 e. The zero-order valence-corrected chi connectivity index (χ0v) is 14.2. The fraction of sp³-hybridized carbons (Fsp3) is 0.400. The zero-order valence-electron chi connectivity index (χ0n) is 12.6. The molecule has 0 unspecified atom stereocenters. The van der Waals surface area contributed by atoms with Crippen LogP contribution in [0.4, 0.5) is 0 Å². The number of ether oxygens (including phenoxy) is 1. The normalized spacial score (nSPS) is 17.4. The summed E-state index contributed by atoms with van der Waals surface area (Å²) in [5.74, 6) is 0.416. The molecule has 1 atom stereocenters. The number of carbonyl (C=O) groups is 1. The number of carboxylic acids is 1. The summed E-state index contributed by atoms with van der Waals surface area (Å²) in [6.45, 7) is 1.59. The second-order valence-electron chi connectivity index (χ2n) is 5.05. The SMILES string of the molecule is CNCCCOc1ccc2nc(C3=N[C@@H](C(=O)O)CS3)sc2c1. The van der Waals surface area contributed by atoms with Crippen LogP contribution in [-0.4, -0.2) is 53.1 Å². The first-order valence-electron chi connectivity index (χ1n) is 7.29. The first-order valence-corrected chi connectivity index (χ1v) is 9.09. The average Bonchev–Trinajstić information content (AvgIpc) is 3.17. The van der Waals surface area contributed by atoms with Crippen LogP contribution in [0.1, 0.15) is 11.4 Å². The first kappa shape index (κ1) is 16.2. The molecule has 1 aromatic heterocycles. The highest BCUT2D eigenvalue weighted by molar-refractivity contribution is 8.15. The van der Waals surface area contributed by atoms with Crippen LogP contribution >= 0.6 is 23.1 Å². The molecule has 1 aliphatic rings. The third-order valence-corrected chi connectivity index (χ3v) is 5.53. The van der Waals surface area contributed by atoms with Gasteiger partial charge < -0.3 is 15.2 Å². The molecule has 3 rings (SSSR count). The van der Waals surface area contributed by atoms with Gasteiger partial charge in [0.2, 0.25) is 0 Å². The van der Waals surface area contributed by atoms with E-state index in [1.807, 2.05) is 25.2 Å². The minimum Gasteiger partial charge on any atom is -0.493 e. The van der Waals surface area contributed by atoms with Crippen LogP contribution in [0, 0.1) is 0 Å². The molecule has 2 aromatic rings. The van der Waals surface area contributed by atoms with Gasteiger partial charge in [0.1, 0.15) is 15.8 Å². The van der Waals surface area contributed by atoms with Gasteiger partial charge in [0, 0.05) is 5.75 Å². The molecule has 8 heteroatoms. The van der Waals surface area contributed by atoms with Crippen molar-refractivity contribution in [2.24, 2.45) is 4.99 Å². The number of rotatable bonds is 7. The van der Waals surface area contributed by atoms with Crippen molar-refractivity contribution in [2.45, 2.75) is 12.5 Å². The molecule has 122 valence electrons. The number of hydrogen-bond donors (Lipinski definition) is 2. The van der Waals surface area contributed by atoms with Crippen molar-refractivity contribution in [1.82, 2.24) is 10.3 Å². The van der Waals surface area contributed by atoms with Crippen molar-refractivity contribution in [1.29, 1.82) is 0 Å². The number of fused-ring (bicyclic) bond motifs is 1. The molecule has 0 aliphatic carbocycles. The van der Waals surface area contributed by atoms with Crippen molar-refractivity contribution < 1.29 is 14.6 Å². The van der Waals surface area contributed by atoms with Gasteiger partial charge in [-0.1, -0.05) is 0 Å². The van der Waals surface area contributed by atoms with E-state index >= 15 is 0 Å². The maximum atomic E-state index is 11.0.